The number of rotatable bonds is 4. The van der Waals surface area contributed by atoms with Gasteiger partial charge in [-0.25, -0.2) is 0 Å². The van der Waals surface area contributed by atoms with E-state index in [2.05, 4.69) is 10.6 Å². The van der Waals surface area contributed by atoms with Crippen LogP contribution in [0.5, 0.6) is 0 Å². The van der Waals surface area contributed by atoms with Gasteiger partial charge in [0.1, 0.15) is 6.04 Å². The number of carbonyl (C=O) groups is 1. The molecule has 1 atom stereocenters. The van der Waals surface area contributed by atoms with Crippen molar-refractivity contribution >= 4 is 17.3 Å². The first kappa shape index (κ1) is 13.1. The molecule has 0 spiro atoms. The molecule has 0 radical (unpaired) electrons. The molecule has 0 fully saturated rings. The van der Waals surface area contributed by atoms with Crippen LogP contribution < -0.4 is 10.6 Å². The highest BCUT2D eigenvalue weighted by Crippen LogP contribution is 2.11. The first-order valence-corrected chi connectivity index (χ1v) is 6.34. The summed E-state index contributed by atoms with van der Waals surface area (Å²) in [7, 11) is 0. The molecule has 0 heterocycles. The van der Waals surface area contributed by atoms with Gasteiger partial charge in [-0.2, -0.15) is 0 Å². The predicted octanol–water partition coefficient (Wildman–Crippen LogP) is 3.43. The lowest BCUT2D eigenvalue weighted by Gasteiger charge is -2.15. The van der Waals surface area contributed by atoms with E-state index in [1.165, 1.54) is 5.56 Å². The number of hydrogen-bond donors (Lipinski definition) is 2. The maximum atomic E-state index is 12.0. The van der Waals surface area contributed by atoms with E-state index in [1.807, 2.05) is 68.4 Å². The van der Waals surface area contributed by atoms with Crippen LogP contribution in [0.15, 0.2) is 54.6 Å². The number of aryl methyl sites for hydroxylation is 1. The fourth-order valence-corrected chi connectivity index (χ4v) is 1.74. The fourth-order valence-electron chi connectivity index (χ4n) is 1.74. The first-order valence-electron chi connectivity index (χ1n) is 6.34. The van der Waals surface area contributed by atoms with E-state index in [9.17, 15) is 4.79 Å². The van der Waals surface area contributed by atoms with Crippen molar-refractivity contribution in [3.05, 3.63) is 60.2 Å². The van der Waals surface area contributed by atoms with Crippen LogP contribution >= 0.6 is 0 Å². The quantitative estimate of drug-likeness (QED) is 0.877. The minimum Gasteiger partial charge on any atom is -0.374 e. The van der Waals surface area contributed by atoms with Crippen LogP contribution in [0.4, 0.5) is 11.4 Å². The standard InChI is InChI=1S/C16H18N2O/c1-12-8-10-15(11-9-12)18-16(19)13(2)17-14-6-4-3-5-7-14/h3-11,13,17H,1-2H3,(H,18,19)/t13-/m1/s1. The molecule has 0 unspecified atom stereocenters. The Morgan fingerprint density at radius 3 is 2.21 bits per heavy atom. The van der Waals surface area contributed by atoms with Gasteiger partial charge in [-0.3, -0.25) is 4.79 Å². The zero-order valence-electron chi connectivity index (χ0n) is 11.2. The summed E-state index contributed by atoms with van der Waals surface area (Å²) in [6.45, 7) is 3.86. The molecule has 3 heteroatoms. The molecule has 98 valence electrons. The summed E-state index contributed by atoms with van der Waals surface area (Å²) in [5.41, 5.74) is 2.93. The van der Waals surface area contributed by atoms with Crippen LogP contribution in [0.1, 0.15) is 12.5 Å². The van der Waals surface area contributed by atoms with Gasteiger partial charge >= 0.3 is 0 Å². The van der Waals surface area contributed by atoms with Crippen molar-refractivity contribution in [2.75, 3.05) is 10.6 Å². The number of hydrogen-bond acceptors (Lipinski definition) is 2. The van der Waals surface area contributed by atoms with Gasteiger partial charge in [0, 0.05) is 11.4 Å². The second kappa shape index (κ2) is 6.05. The third-order valence-corrected chi connectivity index (χ3v) is 2.87. The minimum atomic E-state index is -0.288. The fraction of sp³-hybridized carbons (Fsp3) is 0.188. The normalized spacial score (nSPS) is 11.7. The van der Waals surface area contributed by atoms with Crippen molar-refractivity contribution in [3.8, 4) is 0 Å². The molecule has 2 aromatic rings. The Bertz CT molecular complexity index is 534. The lowest BCUT2D eigenvalue weighted by molar-refractivity contribution is -0.116. The maximum absolute atomic E-state index is 12.0. The van der Waals surface area contributed by atoms with Crippen molar-refractivity contribution < 1.29 is 4.79 Å². The Hall–Kier alpha value is -2.29. The molecule has 0 saturated heterocycles. The second-order valence-corrected chi connectivity index (χ2v) is 4.59. The van der Waals surface area contributed by atoms with Gasteiger partial charge < -0.3 is 10.6 Å². The summed E-state index contributed by atoms with van der Waals surface area (Å²) < 4.78 is 0. The van der Waals surface area contributed by atoms with Crippen molar-refractivity contribution in [1.82, 2.24) is 0 Å². The van der Waals surface area contributed by atoms with E-state index in [-0.39, 0.29) is 11.9 Å². The summed E-state index contributed by atoms with van der Waals surface area (Å²) in [4.78, 5) is 12.0. The summed E-state index contributed by atoms with van der Waals surface area (Å²) >= 11 is 0. The lowest BCUT2D eigenvalue weighted by Crippen LogP contribution is -2.31. The van der Waals surface area contributed by atoms with E-state index >= 15 is 0 Å². The van der Waals surface area contributed by atoms with Crippen molar-refractivity contribution in [2.45, 2.75) is 19.9 Å². The first-order chi connectivity index (χ1) is 9.15. The van der Waals surface area contributed by atoms with Gasteiger partial charge in [-0.1, -0.05) is 35.9 Å². The molecule has 0 aliphatic carbocycles. The molecular formula is C16H18N2O. The molecule has 1 amide bonds. The highest BCUT2D eigenvalue weighted by atomic mass is 16.2. The van der Waals surface area contributed by atoms with Crippen LogP contribution in [0.25, 0.3) is 0 Å². The Balaban J connectivity index is 1.94. The van der Waals surface area contributed by atoms with Gasteiger partial charge in [0.2, 0.25) is 5.91 Å². The van der Waals surface area contributed by atoms with Crippen molar-refractivity contribution in [3.63, 3.8) is 0 Å². The average molecular weight is 254 g/mol. The highest BCUT2D eigenvalue weighted by Gasteiger charge is 2.12. The van der Waals surface area contributed by atoms with Gasteiger partial charge in [0.05, 0.1) is 0 Å². The second-order valence-electron chi connectivity index (χ2n) is 4.59. The summed E-state index contributed by atoms with van der Waals surface area (Å²) in [5, 5.41) is 6.05. The van der Waals surface area contributed by atoms with Crippen molar-refractivity contribution in [1.29, 1.82) is 0 Å². The number of para-hydroxylation sites is 1. The minimum absolute atomic E-state index is 0.0484. The lowest BCUT2D eigenvalue weighted by atomic mass is 10.2. The zero-order valence-corrected chi connectivity index (χ0v) is 11.2. The summed E-state index contributed by atoms with van der Waals surface area (Å²) in [6.07, 6.45) is 0. The molecule has 0 aliphatic rings. The molecule has 0 aromatic heterocycles. The van der Waals surface area contributed by atoms with E-state index in [0.717, 1.165) is 11.4 Å². The molecule has 0 aliphatic heterocycles. The van der Waals surface area contributed by atoms with Gasteiger partial charge in [0.25, 0.3) is 0 Å². The van der Waals surface area contributed by atoms with E-state index in [4.69, 9.17) is 0 Å². The molecule has 0 bridgehead atoms. The van der Waals surface area contributed by atoms with Crippen molar-refractivity contribution in [2.24, 2.45) is 0 Å². The zero-order chi connectivity index (χ0) is 13.7. The number of anilines is 2. The van der Waals surface area contributed by atoms with Crippen LogP contribution in [0.2, 0.25) is 0 Å². The van der Waals surface area contributed by atoms with Crippen LogP contribution in [0, 0.1) is 6.92 Å². The Morgan fingerprint density at radius 1 is 0.947 bits per heavy atom. The van der Waals surface area contributed by atoms with Crippen LogP contribution in [0.3, 0.4) is 0 Å². The number of carbonyl (C=O) groups excluding carboxylic acids is 1. The topological polar surface area (TPSA) is 41.1 Å². The molecule has 2 N–H and O–H groups in total. The number of amides is 1. The maximum Gasteiger partial charge on any atom is 0.246 e. The molecular weight excluding hydrogens is 236 g/mol. The monoisotopic (exact) mass is 254 g/mol. The summed E-state index contributed by atoms with van der Waals surface area (Å²) in [6, 6.07) is 17.2. The van der Waals surface area contributed by atoms with Gasteiger partial charge in [-0.05, 0) is 38.1 Å². The SMILES string of the molecule is Cc1ccc(NC(=O)[C@@H](C)Nc2ccccc2)cc1. The van der Waals surface area contributed by atoms with Crippen LogP contribution in [-0.4, -0.2) is 11.9 Å². The highest BCUT2D eigenvalue weighted by molar-refractivity contribution is 5.96. The average Bonchev–Trinajstić information content (AvgIpc) is 2.42. The summed E-state index contributed by atoms with van der Waals surface area (Å²) in [5.74, 6) is -0.0484. The Morgan fingerprint density at radius 2 is 1.58 bits per heavy atom. The molecule has 0 saturated carbocycles. The molecule has 3 nitrogen and oxygen atoms in total. The van der Waals surface area contributed by atoms with E-state index in [0.29, 0.717) is 0 Å². The van der Waals surface area contributed by atoms with E-state index < -0.39 is 0 Å². The molecule has 19 heavy (non-hydrogen) atoms. The molecule has 2 rings (SSSR count). The van der Waals surface area contributed by atoms with E-state index in [1.54, 1.807) is 0 Å². The largest absolute Gasteiger partial charge is 0.374 e. The Labute approximate surface area is 113 Å². The third-order valence-electron chi connectivity index (χ3n) is 2.87. The number of nitrogens with one attached hydrogen (secondary N) is 2. The number of benzene rings is 2. The predicted molar refractivity (Wildman–Crippen MR) is 79.3 cm³/mol. The smallest absolute Gasteiger partial charge is 0.246 e. The van der Waals surface area contributed by atoms with Gasteiger partial charge in [-0.15, -0.1) is 0 Å². The molecule has 2 aromatic carbocycles. The Kier molecular flexibility index (Phi) is 4.18. The van der Waals surface area contributed by atoms with Crippen LogP contribution in [-0.2, 0) is 4.79 Å². The van der Waals surface area contributed by atoms with Gasteiger partial charge in [0.15, 0.2) is 0 Å². The third kappa shape index (κ3) is 3.85.